The number of methoxy groups -OCH3 is 1. The molecule has 37 heavy (non-hydrogen) atoms. The van der Waals surface area contributed by atoms with Crippen molar-refractivity contribution in [2.45, 2.75) is 51.1 Å². The van der Waals surface area contributed by atoms with Crippen molar-refractivity contribution in [3.63, 3.8) is 0 Å². The van der Waals surface area contributed by atoms with Crippen molar-refractivity contribution in [3.05, 3.63) is 71.7 Å². The first kappa shape index (κ1) is 24.6. The van der Waals surface area contributed by atoms with Crippen molar-refractivity contribution in [2.75, 3.05) is 12.4 Å². The minimum atomic E-state index is -0.709. The zero-order chi connectivity index (χ0) is 25.9. The fourth-order valence-electron chi connectivity index (χ4n) is 4.85. The molecule has 0 aliphatic heterocycles. The van der Waals surface area contributed by atoms with Crippen molar-refractivity contribution < 1.29 is 18.3 Å². The van der Waals surface area contributed by atoms with Gasteiger partial charge in [0, 0.05) is 31.5 Å². The molecule has 0 radical (unpaired) electrons. The summed E-state index contributed by atoms with van der Waals surface area (Å²) in [4.78, 5) is 25.5. The number of fused-ring (bicyclic) bond motifs is 1. The van der Waals surface area contributed by atoms with Crippen LogP contribution < -0.4 is 15.4 Å². The quantitative estimate of drug-likeness (QED) is 0.364. The number of carbonyl (C=O) groups is 1. The monoisotopic (exact) mass is 506 g/mol. The Labute approximate surface area is 213 Å². The molecule has 0 saturated heterocycles. The molecule has 1 saturated carbocycles. The van der Waals surface area contributed by atoms with Crippen LogP contribution in [-0.4, -0.2) is 38.6 Å². The van der Waals surface area contributed by atoms with Gasteiger partial charge in [0.15, 0.2) is 5.65 Å². The van der Waals surface area contributed by atoms with Crippen LogP contribution in [-0.2, 0) is 11.2 Å². The molecule has 4 aromatic rings. The fraction of sp³-hybridized carbons (Fsp3) is 0.333. The van der Waals surface area contributed by atoms with E-state index in [9.17, 15) is 13.6 Å². The number of carbonyl (C=O) groups excluding carboxylic acids is 1. The number of nitrogens with one attached hydrogen (secondary N) is 2. The molecule has 1 amide bonds. The first-order chi connectivity index (χ1) is 17.9. The van der Waals surface area contributed by atoms with Crippen LogP contribution in [0.1, 0.15) is 50.0 Å². The number of halogens is 2. The zero-order valence-corrected chi connectivity index (χ0v) is 20.7. The topological polar surface area (TPSA) is 94.0 Å². The molecule has 2 aromatic heterocycles. The largest absolute Gasteiger partial charge is 0.497 e. The standard InChI is InChI=1S/C27H28F2N6O2/c1-16(36)31-19-6-8-20(9-7-19)35-26-24(33-27(35)32-23-12-5-18(28)14-22(23)29)15-30-25(34-26)13-17-3-10-21(37-2)11-4-17/h3-5,10-12,14-15,19-20H,6-9,13H2,1-2H3,(H,31,36)(H,32,33). The molecule has 1 aliphatic rings. The normalized spacial score (nSPS) is 17.5. The molecule has 2 aromatic carbocycles. The number of aromatic nitrogens is 4. The summed E-state index contributed by atoms with van der Waals surface area (Å²) in [6.45, 7) is 1.52. The first-order valence-electron chi connectivity index (χ1n) is 12.3. The van der Waals surface area contributed by atoms with Crippen LogP contribution in [0.2, 0.25) is 0 Å². The van der Waals surface area contributed by atoms with Crippen LogP contribution in [0.25, 0.3) is 11.2 Å². The summed E-state index contributed by atoms with van der Waals surface area (Å²) in [7, 11) is 1.63. The van der Waals surface area contributed by atoms with Gasteiger partial charge < -0.3 is 15.4 Å². The molecule has 10 heteroatoms. The smallest absolute Gasteiger partial charge is 0.217 e. The van der Waals surface area contributed by atoms with E-state index < -0.39 is 11.6 Å². The molecule has 8 nitrogen and oxygen atoms in total. The molecule has 5 rings (SSSR count). The van der Waals surface area contributed by atoms with Crippen molar-refractivity contribution >= 4 is 28.7 Å². The van der Waals surface area contributed by atoms with Gasteiger partial charge in [0.1, 0.15) is 28.7 Å². The number of amides is 1. The highest BCUT2D eigenvalue weighted by Crippen LogP contribution is 2.35. The number of hydrogen-bond donors (Lipinski definition) is 2. The highest BCUT2D eigenvalue weighted by molar-refractivity contribution is 5.76. The molecular weight excluding hydrogens is 478 g/mol. The van der Waals surface area contributed by atoms with Gasteiger partial charge in [0.25, 0.3) is 0 Å². The SMILES string of the molecule is COc1ccc(Cc2ncc3nc(Nc4ccc(F)cc4F)n(C4CCC(NC(C)=O)CC4)c3n2)cc1. The highest BCUT2D eigenvalue weighted by Gasteiger charge is 2.27. The van der Waals surface area contributed by atoms with E-state index in [-0.39, 0.29) is 23.7 Å². The Bertz CT molecular complexity index is 1410. The van der Waals surface area contributed by atoms with E-state index in [0.29, 0.717) is 29.4 Å². The highest BCUT2D eigenvalue weighted by atomic mass is 19.1. The van der Waals surface area contributed by atoms with Gasteiger partial charge in [-0.3, -0.25) is 9.36 Å². The molecule has 2 N–H and O–H groups in total. The van der Waals surface area contributed by atoms with Crippen LogP contribution in [0.4, 0.5) is 20.4 Å². The summed E-state index contributed by atoms with van der Waals surface area (Å²) >= 11 is 0. The Hall–Kier alpha value is -4.08. The average Bonchev–Trinajstić information content (AvgIpc) is 3.23. The molecule has 0 spiro atoms. The third-order valence-corrected chi connectivity index (χ3v) is 6.65. The molecule has 2 heterocycles. The summed E-state index contributed by atoms with van der Waals surface area (Å²) in [5, 5.41) is 6.04. The van der Waals surface area contributed by atoms with Gasteiger partial charge in [-0.2, -0.15) is 0 Å². The van der Waals surface area contributed by atoms with Crippen LogP contribution in [0, 0.1) is 11.6 Å². The lowest BCUT2D eigenvalue weighted by Gasteiger charge is -2.30. The van der Waals surface area contributed by atoms with Crippen molar-refractivity contribution in [1.82, 2.24) is 24.8 Å². The molecule has 1 aliphatic carbocycles. The number of anilines is 2. The summed E-state index contributed by atoms with van der Waals surface area (Å²) in [6, 6.07) is 11.3. The molecule has 0 unspecified atom stereocenters. The summed E-state index contributed by atoms with van der Waals surface area (Å²) < 4.78 is 35.2. The minimum absolute atomic E-state index is 0.0322. The molecule has 1 fully saturated rings. The van der Waals surface area contributed by atoms with E-state index in [1.165, 1.54) is 19.1 Å². The molecule has 0 atom stereocenters. The first-order valence-corrected chi connectivity index (χ1v) is 12.3. The van der Waals surface area contributed by atoms with E-state index in [0.717, 1.165) is 43.1 Å². The number of rotatable bonds is 7. The Morgan fingerprint density at radius 3 is 2.51 bits per heavy atom. The van der Waals surface area contributed by atoms with Crippen LogP contribution >= 0.6 is 0 Å². The maximum atomic E-state index is 14.5. The van der Waals surface area contributed by atoms with E-state index in [4.69, 9.17) is 9.72 Å². The second kappa shape index (κ2) is 10.5. The van der Waals surface area contributed by atoms with Crippen molar-refractivity contribution in [3.8, 4) is 5.75 Å². The Balaban J connectivity index is 1.49. The van der Waals surface area contributed by atoms with Gasteiger partial charge in [0.2, 0.25) is 11.9 Å². The predicted octanol–water partition coefficient (Wildman–Crippen LogP) is 5.07. The van der Waals surface area contributed by atoms with E-state index in [1.807, 2.05) is 28.8 Å². The van der Waals surface area contributed by atoms with Gasteiger partial charge in [-0.1, -0.05) is 12.1 Å². The van der Waals surface area contributed by atoms with Gasteiger partial charge in [-0.15, -0.1) is 0 Å². The van der Waals surface area contributed by atoms with Crippen LogP contribution in [0.5, 0.6) is 5.75 Å². The molecular formula is C27H28F2N6O2. The number of imidazole rings is 1. The Morgan fingerprint density at radius 2 is 1.84 bits per heavy atom. The third kappa shape index (κ3) is 5.52. The molecule has 192 valence electrons. The summed E-state index contributed by atoms with van der Waals surface area (Å²) in [6.07, 6.45) is 5.38. The van der Waals surface area contributed by atoms with Crippen LogP contribution in [0.3, 0.4) is 0 Å². The fourth-order valence-corrected chi connectivity index (χ4v) is 4.85. The summed E-state index contributed by atoms with van der Waals surface area (Å²) in [5.41, 5.74) is 2.38. The van der Waals surface area contributed by atoms with Crippen molar-refractivity contribution in [2.24, 2.45) is 0 Å². The number of ether oxygens (including phenoxy) is 1. The van der Waals surface area contributed by atoms with E-state index in [2.05, 4.69) is 20.6 Å². The maximum Gasteiger partial charge on any atom is 0.217 e. The number of hydrogen-bond acceptors (Lipinski definition) is 6. The third-order valence-electron chi connectivity index (χ3n) is 6.65. The van der Waals surface area contributed by atoms with Gasteiger partial charge in [0.05, 0.1) is 19.0 Å². The number of nitrogens with zero attached hydrogens (tertiary/aromatic N) is 4. The second-order valence-corrected chi connectivity index (χ2v) is 9.28. The number of benzene rings is 2. The maximum absolute atomic E-state index is 14.5. The lowest BCUT2D eigenvalue weighted by Crippen LogP contribution is -2.36. The molecule has 0 bridgehead atoms. The lowest BCUT2D eigenvalue weighted by atomic mass is 9.91. The lowest BCUT2D eigenvalue weighted by molar-refractivity contribution is -0.119. The van der Waals surface area contributed by atoms with E-state index in [1.54, 1.807) is 13.3 Å². The summed E-state index contributed by atoms with van der Waals surface area (Å²) in [5.74, 6) is 0.421. The van der Waals surface area contributed by atoms with E-state index >= 15 is 0 Å². The predicted molar refractivity (Wildman–Crippen MR) is 136 cm³/mol. The second-order valence-electron chi connectivity index (χ2n) is 9.28. The zero-order valence-electron chi connectivity index (χ0n) is 20.7. The van der Waals surface area contributed by atoms with Crippen LogP contribution in [0.15, 0.2) is 48.7 Å². The Morgan fingerprint density at radius 1 is 1.08 bits per heavy atom. The average molecular weight is 507 g/mol. The van der Waals surface area contributed by atoms with Gasteiger partial charge >= 0.3 is 0 Å². The minimum Gasteiger partial charge on any atom is -0.497 e. The Kier molecular flexibility index (Phi) is 6.98. The van der Waals surface area contributed by atoms with Crippen molar-refractivity contribution in [1.29, 1.82) is 0 Å². The van der Waals surface area contributed by atoms with Gasteiger partial charge in [-0.05, 0) is 55.5 Å². The van der Waals surface area contributed by atoms with Gasteiger partial charge in [-0.25, -0.2) is 23.7 Å².